The minimum Gasteiger partial charge on any atom is -0.481 e. The summed E-state index contributed by atoms with van der Waals surface area (Å²) >= 11 is 0. The van der Waals surface area contributed by atoms with Crippen LogP contribution in [-0.2, 0) is 9.53 Å². The molecule has 802 valence electrons. The van der Waals surface area contributed by atoms with E-state index >= 15 is 4.39 Å². The second kappa shape index (κ2) is 55.8. The number of hydrogen-bond donors (Lipinski definition) is 1. The molecule has 9 heterocycles. The number of hydrogen-bond acceptors (Lipinski definition) is 19. The quantitative estimate of drug-likeness (QED) is 0.0296. The number of aliphatic carboxylic acids is 1. The monoisotopic (exact) mass is 2050 g/mol. The largest absolute Gasteiger partial charge is 0.481 e. The van der Waals surface area contributed by atoms with E-state index in [1.165, 1.54) is 139 Å². The topological polar surface area (TPSA) is 272 Å². The fourth-order valence-electron chi connectivity index (χ4n) is 19.8. The van der Waals surface area contributed by atoms with E-state index in [4.69, 9.17) is 9.84 Å². The normalized spacial score (nSPS) is 14.0. The Kier molecular flexibility index (Phi) is 44.0. The van der Waals surface area contributed by atoms with Crippen molar-refractivity contribution in [1.29, 1.82) is 0 Å². The first kappa shape index (κ1) is 118. The number of carboxylic acids is 1. The Morgan fingerprint density at radius 2 is 0.638 bits per heavy atom. The lowest BCUT2D eigenvalue weighted by molar-refractivity contribution is -0.142. The van der Waals surface area contributed by atoms with E-state index in [9.17, 15) is 55.5 Å². The van der Waals surface area contributed by atoms with E-state index in [1.807, 2.05) is 52.8 Å². The van der Waals surface area contributed by atoms with Crippen molar-refractivity contribution in [1.82, 2.24) is 57.3 Å². The van der Waals surface area contributed by atoms with Gasteiger partial charge in [0, 0.05) is 153 Å². The third-order valence-electron chi connectivity index (χ3n) is 26.7. The van der Waals surface area contributed by atoms with Gasteiger partial charge in [0.2, 0.25) is 0 Å². The number of aromatic nitrogens is 12. The van der Waals surface area contributed by atoms with Crippen LogP contribution in [-0.4, -0.2) is 146 Å². The molecule has 149 heavy (non-hydrogen) atoms. The van der Waals surface area contributed by atoms with Crippen LogP contribution in [0.3, 0.4) is 0 Å². The fourth-order valence-corrected chi connectivity index (χ4v) is 19.8. The number of carbonyl (C=O) groups is 1. The highest BCUT2D eigenvalue weighted by molar-refractivity contribution is 5.70. The van der Waals surface area contributed by atoms with Gasteiger partial charge in [-0.15, -0.1) is 0 Å². The van der Waals surface area contributed by atoms with Gasteiger partial charge in [0.1, 0.15) is 69.8 Å². The van der Waals surface area contributed by atoms with Gasteiger partial charge in [0.25, 0.3) is 33.4 Å². The molecule has 0 aliphatic carbocycles. The van der Waals surface area contributed by atoms with Gasteiger partial charge >= 0.3 is 5.97 Å². The molecule has 3 saturated heterocycles. The van der Waals surface area contributed by atoms with Crippen molar-refractivity contribution in [2.75, 3.05) is 90.1 Å². The van der Waals surface area contributed by atoms with Crippen LogP contribution in [0.2, 0.25) is 0 Å². The highest BCUT2D eigenvalue weighted by atomic mass is 19.1. The minimum absolute atomic E-state index is 0.0969. The molecule has 15 rings (SSSR count). The number of unbranched alkanes of at least 4 members (excludes halogenated alkanes) is 8. The zero-order valence-corrected chi connectivity index (χ0v) is 91.2. The van der Waals surface area contributed by atoms with E-state index in [2.05, 4.69) is 95.1 Å². The zero-order valence-electron chi connectivity index (χ0n) is 91.2. The summed E-state index contributed by atoms with van der Waals surface area (Å²) in [6.07, 6.45) is 19.0. The molecule has 0 amide bonds. The summed E-state index contributed by atoms with van der Waals surface area (Å²) < 4.78 is 103. The van der Waals surface area contributed by atoms with Crippen molar-refractivity contribution in [2.45, 2.75) is 286 Å². The molecule has 0 saturated carbocycles. The zero-order chi connectivity index (χ0) is 109. The van der Waals surface area contributed by atoms with E-state index in [1.54, 1.807) is 132 Å². The van der Waals surface area contributed by atoms with Crippen molar-refractivity contribution >= 4 is 34.4 Å². The predicted octanol–water partition coefficient (Wildman–Crippen LogP) is 23.0. The fraction of sp³-hybridized carbons (Fsp3) is 0.479. The molecule has 0 unspecified atom stereocenters. The summed E-state index contributed by atoms with van der Waals surface area (Å²) in [6, 6.07) is 38.7. The number of halogens is 6. The molecule has 12 aromatic rings. The standard InChI is InChI=1S/C24H36FN3O.C21H29FN2O.C20H28FN3O.C18H20FN3O3.C18H22FN3O2.C16H18FN3O/c1-5-7-9-11-15-27(16-12-10-8-6-2)23-14-13-21(18-22(23)25)28-20(4)26-19(3)17-24(28)29;1-5-7-9-17(10-8-6-2)19-12-11-18(14-20(19)22)24-16(4)23-15(3)13-21(24)25;1-13(2)11-23(12-14(3)4)19-8-7-17(10-18(19)21)24-16(6)22-15(5)9-20(24)25;1-11-9-17(23)22(12(2)20-11)14-3-4-16(15(19)10-14)21-7-5-13(6-8-21)18(24)25;1-11-7-18(23)22(14(4)20-11)15-5-6-17(16(19)8-15)21-12(2)9-24-10-13(21)3;1-11-9-16(21)20(12(2)18-11)13-5-6-15(14(17)10-13)19-7-3-4-8-19/h13-14,17-18H,5-12,15-16H2,1-4H3;11-14,17H,5-10H2,1-4H3;7-10,13-14H,11-12H2,1-6H3;3-4,9-10,13H,5-8H2,1-2H3,(H,24,25);5-8,12-13H,9-10H2,1-4H3;5-6,9-10H,3-4,7-8H2,1-2H3/t;;;;12-,13-;/m....1./s1. The average molecular weight is 2060 g/mol. The Morgan fingerprint density at radius 1 is 0.356 bits per heavy atom. The SMILES string of the molecule is CCCCC(CCCC)c1ccc(-n2c(C)nc(C)cc2=O)cc1F.CCCCCCN(CCCCCC)c1ccc(-n2c(C)nc(C)cc2=O)cc1F.Cc1cc(=O)n(-c2ccc(N(CC(C)C)CC(C)C)c(F)c2)c(C)n1.Cc1cc(=O)n(-c2ccc(N3CCC(C(=O)O)CC3)c(F)c2)c(C)n1.Cc1cc(=O)n(-c2ccc(N3CCCC3)c(F)c2)c(C)n1.Cc1cc(=O)n(-c2ccc(N3[C@H](C)COC[C@H]3C)c(F)c2)c(C)n1. The first-order valence-electron chi connectivity index (χ1n) is 52.8. The van der Waals surface area contributed by atoms with Gasteiger partial charge in [-0.3, -0.25) is 61.0 Å². The maximum absolute atomic E-state index is 15.1. The van der Waals surface area contributed by atoms with Crippen LogP contribution in [0.15, 0.2) is 174 Å². The van der Waals surface area contributed by atoms with Gasteiger partial charge in [0.05, 0.1) is 93.8 Å². The maximum atomic E-state index is 15.1. The summed E-state index contributed by atoms with van der Waals surface area (Å²) in [7, 11) is 0. The number of nitrogens with zero attached hydrogens (tertiary/aromatic N) is 17. The minimum atomic E-state index is -0.794. The molecule has 0 spiro atoms. The molecule has 3 aliphatic heterocycles. The average Bonchev–Trinajstić information content (AvgIpc) is 1.18. The molecular formula is C117H153F6N17O9. The molecule has 26 nitrogen and oxygen atoms in total. The Balaban J connectivity index is 0.000000183. The number of benzene rings is 6. The van der Waals surface area contributed by atoms with Gasteiger partial charge < -0.3 is 34.3 Å². The van der Waals surface area contributed by atoms with Crippen LogP contribution in [0.5, 0.6) is 0 Å². The van der Waals surface area contributed by atoms with Crippen molar-refractivity contribution in [3.63, 3.8) is 0 Å². The number of rotatable bonds is 33. The van der Waals surface area contributed by atoms with Crippen molar-refractivity contribution in [3.05, 3.63) is 317 Å². The number of carboxylic acid groups (broad SMARTS) is 1. The molecule has 0 bridgehead atoms. The van der Waals surface area contributed by atoms with Gasteiger partial charge in [-0.1, -0.05) is 126 Å². The second-order valence-electron chi connectivity index (χ2n) is 40.3. The molecule has 1 N–H and O–H groups in total. The van der Waals surface area contributed by atoms with Crippen LogP contribution >= 0.6 is 0 Å². The number of piperidine rings is 1. The molecule has 32 heteroatoms. The number of aryl methyl sites for hydroxylation is 12. The van der Waals surface area contributed by atoms with E-state index in [0.717, 1.165) is 109 Å². The number of anilines is 5. The lowest BCUT2D eigenvalue weighted by atomic mass is 9.88. The smallest absolute Gasteiger partial charge is 0.306 e. The van der Waals surface area contributed by atoms with Crippen LogP contribution in [0.1, 0.15) is 265 Å². The number of ether oxygens (including phenoxy) is 1. The van der Waals surface area contributed by atoms with Crippen LogP contribution in [0.25, 0.3) is 34.1 Å². The summed E-state index contributed by atoms with van der Waals surface area (Å²) in [5.41, 5.74) is 9.33. The summed E-state index contributed by atoms with van der Waals surface area (Å²) in [5, 5.41) is 9.05. The lowest BCUT2D eigenvalue weighted by Crippen LogP contribution is -2.50. The van der Waals surface area contributed by atoms with E-state index < -0.39 is 11.8 Å². The highest BCUT2D eigenvalue weighted by Crippen LogP contribution is 2.36. The number of morpholine rings is 1. The molecule has 0 radical (unpaired) electrons. The molecular weight excluding hydrogens is 1900 g/mol. The highest BCUT2D eigenvalue weighted by Gasteiger charge is 2.31. The van der Waals surface area contributed by atoms with Crippen LogP contribution in [0.4, 0.5) is 54.8 Å². The maximum Gasteiger partial charge on any atom is 0.306 e. The molecule has 6 aromatic carbocycles. The Morgan fingerprint density at radius 3 is 0.919 bits per heavy atom. The van der Waals surface area contributed by atoms with Gasteiger partial charge in [-0.25, -0.2) is 56.2 Å². The van der Waals surface area contributed by atoms with E-state index in [0.29, 0.717) is 183 Å². The third kappa shape index (κ3) is 32.1. The summed E-state index contributed by atoms with van der Waals surface area (Å²) in [5.74, 6) is 1.38. The van der Waals surface area contributed by atoms with Gasteiger partial charge in [-0.05, 0) is 244 Å². The molecule has 6 aromatic heterocycles. The first-order valence-corrected chi connectivity index (χ1v) is 52.8. The predicted molar refractivity (Wildman–Crippen MR) is 586 cm³/mol. The Labute approximate surface area is 873 Å². The second-order valence-corrected chi connectivity index (χ2v) is 40.3. The first-order chi connectivity index (χ1) is 70.9. The van der Waals surface area contributed by atoms with Crippen molar-refractivity contribution < 1.29 is 41.0 Å². The molecule has 3 fully saturated rings. The van der Waals surface area contributed by atoms with E-state index in [-0.39, 0.29) is 86.4 Å². The molecule has 3 aliphatic rings. The van der Waals surface area contributed by atoms with Gasteiger partial charge in [-0.2, -0.15) is 0 Å². The van der Waals surface area contributed by atoms with Crippen LogP contribution < -0.4 is 57.9 Å². The lowest BCUT2D eigenvalue weighted by Gasteiger charge is -2.40. The summed E-state index contributed by atoms with van der Waals surface area (Å²) in [6.45, 7) is 49.6. The van der Waals surface area contributed by atoms with Crippen LogP contribution in [0, 0.1) is 136 Å². The van der Waals surface area contributed by atoms with Crippen molar-refractivity contribution in [2.24, 2.45) is 17.8 Å². The Hall–Kier alpha value is -13.4. The summed E-state index contributed by atoms with van der Waals surface area (Å²) in [4.78, 5) is 120. The van der Waals surface area contributed by atoms with Gasteiger partial charge in [0.15, 0.2) is 0 Å². The Bertz CT molecular complexity index is 6880. The third-order valence-corrected chi connectivity index (χ3v) is 26.7. The van der Waals surface area contributed by atoms with Crippen molar-refractivity contribution in [3.8, 4) is 34.1 Å². The molecule has 2 atom stereocenters.